The number of carbonyl (C=O) groups is 2. The lowest BCUT2D eigenvalue weighted by molar-refractivity contribution is -0.142. The van der Waals surface area contributed by atoms with Crippen LogP contribution in [0.3, 0.4) is 0 Å². The van der Waals surface area contributed by atoms with Crippen LogP contribution in [-0.4, -0.2) is 35.0 Å². The molecule has 1 saturated heterocycles. The second-order valence-corrected chi connectivity index (χ2v) is 6.32. The van der Waals surface area contributed by atoms with Gasteiger partial charge in [0.15, 0.2) is 0 Å². The van der Waals surface area contributed by atoms with E-state index in [0.717, 1.165) is 12.8 Å². The van der Waals surface area contributed by atoms with E-state index in [1.807, 2.05) is 19.1 Å². The highest BCUT2D eigenvalue weighted by atomic mass is 16.4. The number of likely N-dealkylation sites (tertiary alicyclic amines) is 1. The molecule has 1 aliphatic heterocycles. The maximum atomic E-state index is 12.6. The molecule has 0 spiro atoms. The van der Waals surface area contributed by atoms with Crippen LogP contribution in [0, 0.1) is 11.8 Å². The first-order chi connectivity index (χ1) is 10.1. The van der Waals surface area contributed by atoms with Gasteiger partial charge in [-0.15, -0.1) is 0 Å². The Labute approximate surface area is 124 Å². The molecule has 0 aromatic heterocycles. The number of carboxylic acids is 1. The van der Waals surface area contributed by atoms with Crippen molar-refractivity contribution in [2.75, 3.05) is 13.1 Å². The minimum absolute atomic E-state index is 0.0177. The molecule has 4 nitrogen and oxygen atoms in total. The molecule has 2 aliphatic rings. The van der Waals surface area contributed by atoms with Gasteiger partial charge >= 0.3 is 5.97 Å². The molecule has 1 fully saturated rings. The number of nitrogens with zero attached hydrogens (tertiary/aromatic N) is 1. The van der Waals surface area contributed by atoms with Crippen LogP contribution in [0.2, 0.25) is 0 Å². The van der Waals surface area contributed by atoms with Gasteiger partial charge in [-0.25, -0.2) is 0 Å². The molecule has 0 bridgehead atoms. The fourth-order valence-corrected chi connectivity index (χ4v) is 3.50. The molecule has 1 aliphatic carbocycles. The van der Waals surface area contributed by atoms with Crippen LogP contribution in [0.5, 0.6) is 0 Å². The van der Waals surface area contributed by atoms with Crippen molar-refractivity contribution in [1.82, 2.24) is 4.90 Å². The van der Waals surface area contributed by atoms with E-state index in [0.29, 0.717) is 18.7 Å². The van der Waals surface area contributed by atoms with Crippen LogP contribution in [0.15, 0.2) is 18.2 Å². The number of hydrogen-bond acceptors (Lipinski definition) is 2. The molecule has 1 N–H and O–H groups in total. The van der Waals surface area contributed by atoms with Crippen LogP contribution in [0.1, 0.15) is 41.3 Å². The van der Waals surface area contributed by atoms with Crippen molar-refractivity contribution in [3.05, 3.63) is 34.9 Å². The number of carboxylic acid groups (broad SMARTS) is 1. The third-order valence-corrected chi connectivity index (χ3v) is 4.81. The molecule has 0 saturated carbocycles. The molecular formula is C17H21NO3. The van der Waals surface area contributed by atoms with Crippen LogP contribution in [0.25, 0.3) is 0 Å². The summed E-state index contributed by atoms with van der Waals surface area (Å²) < 4.78 is 0. The molecule has 2 atom stereocenters. The van der Waals surface area contributed by atoms with Crippen molar-refractivity contribution in [1.29, 1.82) is 0 Å². The fraction of sp³-hybridized carbons (Fsp3) is 0.529. The first-order valence-corrected chi connectivity index (χ1v) is 7.70. The van der Waals surface area contributed by atoms with E-state index in [4.69, 9.17) is 0 Å². The Balaban J connectivity index is 1.78. The summed E-state index contributed by atoms with van der Waals surface area (Å²) in [5.74, 6) is -1.25. The molecule has 0 unspecified atom stereocenters. The minimum atomic E-state index is -0.803. The number of carbonyl (C=O) groups excluding carboxylic acids is 1. The van der Waals surface area contributed by atoms with Gasteiger partial charge in [-0.3, -0.25) is 9.59 Å². The Kier molecular flexibility index (Phi) is 3.70. The third kappa shape index (κ3) is 2.67. The zero-order valence-corrected chi connectivity index (χ0v) is 12.3. The monoisotopic (exact) mass is 287 g/mol. The second kappa shape index (κ2) is 5.51. The highest BCUT2D eigenvalue weighted by Crippen LogP contribution is 2.27. The number of fused-ring (bicyclic) bond motifs is 1. The molecule has 21 heavy (non-hydrogen) atoms. The highest BCUT2D eigenvalue weighted by molar-refractivity contribution is 5.95. The van der Waals surface area contributed by atoms with Gasteiger partial charge in [0, 0.05) is 18.7 Å². The van der Waals surface area contributed by atoms with Crippen molar-refractivity contribution in [2.24, 2.45) is 11.8 Å². The van der Waals surface area contributed by atoms with Crippen molar-refractivity contribution < 1.29 is 14.7 Å². The fourth-order valence-electron chi connectivity index (χ4n) is 3.50. The normalized spacial score (nSPS) is 24.7. The third-order valence-electron chi connectivity index (χ3n) is 4.81. The number of hydrogen-bond donors (Lipinski definition) is 1. The van der Waals surface area contributed by atoms with E-state index < -0.39 is 11.9 Å². The summed E-state index contributed by atoms with van der Waals surface area (Å²) in [6.45, 7) is 2.76. The molecule has 1 heterocycles. The van der Waals surface area contributed by atoms with E-state index in [1.54, 1.807) is 4.90 Å². The average molecular weight is 287 g/mol. The summed E-state index contributed by atoms with van der Waals surface area (Å²) >= 11 is 0. The summed E-state index contributed by atoms with van der Waals surface area (Å²) in [5.41, 5.74) is 3.35. The average Bonchev–Trinajstić information content (AvgIpc) is 2.88. The topological polar surface area (TPSA) is 57.6 Å². The van der Waals surface area contributed by atoms with Crippen LogP contribution >= 0.6 is 0 Å². The summed E-state index contributed by atoms with van der Waals surface area (Å²) in [7, 11) is 0. The Morgan fingerprint density at radius 3 is 2.52 bits per heavy atom. The van der Waals surface area contributed by atoms with Gasteiger partial charge in [0.05, 0.1) is 5.92 Å². The smallest absolute Gasteiger partial charge is 0.308 e. The molecule has 1 aromatic rings. The van der Waals surface area contributed by atoms with E-state index >= 15 is 0 Å². The van der Waals surface area contributed by atoms with E-state index in [2.05, 4.69) is 6.07 Å². The van der Waals surface area contributed by atoms with E-state index in [-0.39, 0.29) is 11.8 Å². The van der Waals surface area contributed by atoms with Gasteiger partial charge in [0.2, 0.25) is 0 Å². The molecule has 1 aromatic carbocycles. The van der Waals surface area contributed by atoms with Gasteiger partial charge in [-0.05, 0) is 54.9 Å². The Bertz CT molecular complexity index is 581. The number of aryl methyl sites for hydroxylation is 2. The molecule has 0 radical (unpaired) electrons. The largest absolute Gasteiger partial charge is 0.481 e. The number of amides is 1. The van der Waals surface area contributed by atoms with Crippen molar-refractivity contribution in [3.63, 3.8) is 0 Å². The zero-order valence-electron chi connectivity index (χ0n) is 12.3. The standard InChI is InChI=1S/C17H21NO3/c1-11-9-18(10-15(11)17(20)21)16(19)14-7-6-12-4-2-3-5-13(12)8-14/h6-8,11,15H,2-5,9-10H2,1H3,(H,20,21)/t11-,15-/m1/s1. The predicted octanol–water partition coefficient (Wildman–Crippen LogP) is 2.36. The van der Waals surface area contributed by atoms with Gasteiger partial charge in [-0.1, -0.05) is 13.0 Å². The minimum Gasteiger partial charge on any atom is -0.481 e. The number of aliphatic carboxylic acids is 1. The predicted molar refractivity (Wildman–Crippen MR) is 79.3 cm³/mol. The lowest BCUT2D eigenvalue weighted by atomic mass is 9.90. The van der Waals surface area contributed by atoms with Gasteiger partial charge in [0.1, 0.15) is 0 Å². The van der Waals surface area contributed by atoms with Crippen molar-refractivity contribution in [3.8, 4) is 0 Å². The molecular weight excluding hydrogens is 266 g/mol. The molecule has 1 amide bonds. The summed E-state index contributed by atoms with van der Waals surface area (Å²) in [4.78, 5) is 25.4. The second-order valence-electron chi connectivity index (χ2n) is 6.32. The Hall–Kier alpha value is -1.84. The quantitative estimate of drug-likeness (QED) is 0.908. The summed E-state index contributed by atoms with van der Waals surface area (Å²) in [6.07, 6.45) is 4.56. The van der Waals surface area contributed by atoms with Crippen LogP contribution < -0.4 is 0 Å². The van der Waals surface area contributed by atoms with Gasteiger partial charge in [-0.2, -0.15) is 0 Å². The van der Waals surface area contributed by atoms with Crippen molar-refractivity contribution >= 4 is 11.9 Å². The van der Waals surface area contributed by atoms with Crippen molar-refractivity contribution in [2.45, 2.75) is 32.6 Å². The first kappa shape index (κ1) is 14.1. The SMILES string of the molecule is C[C@@H]1CN(C(=O)c2ccc3c(c2)CCCC3)C[C@H]1C(=O)O. The van der Waals surface area contributed by atoms with Gasteiger partial charge in [0.25, 0.3) is 5.91 Å². The van der Waals surface area contributed by atoms with Gasteiger partial charge < -0.3 is 10.0 Å². The van der Waals surface area contributed by atoms with E-state index in [9.17, 15) is 14.7 Å². The Morgan fingerprint density at radius 2 is 1.86 bits per heavy atom. The highest BCUT2D eigenvalue weighted by Gasteiger charge is 2.37. The van der Waals surface area contributed by atoms with Crippen LogP contribution in [-0.2, 0) is 17.6 Å². The maximum absolute atomic E-state index is 12.6. The van der Waals surface area contributed by atoms with E-state index in [1.165, 1.54) is 24.0 Å². The number of benzene rings is 1. The molecule has 112 valence electrons. The first-order valence-electron chi connectivity index (χ1n) is 7.70. The summed E-state index contributed by atoms with van der Waals surface area (Å²) in [5, 5.41) is 9.17. The van der Waals surface area contributed by atoms with Crippen LogP contribution in [0.4, 0.5) is 0 Å². The lowest BCUT2D eigenvalue weighted by Gasteiger charge is -2.19. The Morgan fingerprint density at radius 1 is 1.14 bits per heavy atom. The zero-order chi connectivity index (χ0) is 15.0. The maximum Gasteiger partial charge on any atom is 0.308 e. The number of rotatable bonds is 2. The molecule has 3 rings (SSSR count). The lowest BCUT2D eigenvalue weighted by Crippen LogP contribution is -2.30. The molecule has 4 heteroatoms. The summed E-state index contributed by atoms with van der Waals surface area (Å²) in [6, 6.07) is 5.97.